The van der Waals surface area contributed by atoms with Crippen LogP contribution in [0.25, 0.3) is 0 Å². The average Bonchev–Trinajstić information content (AvgIpc) is 3.00. The van der Waals surface area contributed by atoms with Gasteiger partial charge in [-0.3, -0.25) is 4.79 Å². The van der Waals surface area contributed by atoms with Crippen LogP contribution in [0.1, 0.15) is 28.1 Å². The summed E-state index contributed by atoms with van der Waals surface area (Å²) in [6.07, 6.45) is 1.01. The molecule has 1 aromatic carbocycles. The Morgan fingerprint density at radius 3 is 2.95 bits per heavy atom. The molecule has 1 aliphatic rings. The first-order valence-electron chi connectivity index (χ1n) is 6.67. The minimum absolute atomic E-state index is 0.375. The van der Waals surface area contributed by atoms with Gasteiger partial charge in [0, 0.05) is 7.05 Å². The molecule has 0 saturated heterocycles. The Hall–Kier alpha value is -1.95. The van der Waals surface area contributed by atoms with Crippen LogP contribution in [0.15, 0.2) is 18.2 Å². The third-order valence-corrected chi connectivity index (χ3v) is 5.41. The molecule has 0 amide bonds. The number of thiazole rings is 1. The summed E-state index contributed by atoms with van der Waals surface area (Å²) in [5.41, 5.74) is 0.538. The summed E-state index contributed by atoms with van der Waals surface area (Å²) >= 11 is 1.34. The van der Waals surface area contributed by atoms with Gasteiger partial charge in [-0.2, -0.15) is 0 Å². The van der Waals surface area contributed by atoms with Crippen molar-refractivity contribution in [3.05, 3.63) is 45.7 Å². The number of aromatic nitrogens is 1. The van der Waals surface area contributed by atoms with Gasteiger partial charge in [0.2, 0.25) is 0 Å². The van der Waals surface area contributed by atoms with Gasteiger partial charge < -0.3 is 10.4 Å². The Balaban J connectivity index is 2.27. The average molecular weight is 306 g/mol. The summed E-state index contributed by atoms with van der Waals surface area (Å²) in [6.45, 7) is 1.63. The molecule has 0 saturated carbocycles. The molecular weight excluding hydrogens is 291 g/mol. The van der Waals surface area contributed by atoms with Gasteiger partial charge in [-0.25, -0.2) is 9.37 Å². The first kappa shape index (κ1) is 14.0. The number of aryl methyl sites for hydroxylation is 1. The van der Waals surface area contributed by atoms with E-state index in [1.54, 1.807) is 26.1 Å². The monoisotopic (exact) mass is 306 g/mol. The second-order valence-corrected chi connectivity index (χ2v) is 6.17. The molecule has 3 rings (SSSR count). The van der Waals surface area contributed by atoms with Crippen LogP contribution in [0.3, 0.4) is 0 Å². The van der Waals surface area contributed by atoms with Crippen molar-refractivity contribution in [1.29, 1.82) is 0 Å². The van der Waals surface area contributed by atoms with Crippen LogP contribution in [0, 0.1) is 12.7 Å². The van der Waals surface area contributed by atoms with Gasteiger partial charge in [0.05, 0.1) is 10.6 Å². The van der Waals surface area contributed by atoms with E-state index in [1.165, 1.54) is 17.4 Å². The van der Waals surface area contributed by atoms with E-state index in [9.17, 15) is 14.3 Å². The van der Waals surface area contributed by atoms with Gasteiger partial charge in [0.1, 0.15) is 11.2 Å². The van der Waals surface area contributed by atoms with Crippen molar-refractivity contribution in [2.45, 2.75) is 25.2 Å². The van der Waals surface area contributed by atoms with E-state index < -0.39 is 11.4 Å². The van der Waals surface area contributed by atoms with Gasteiger partial charge in [-0.1, -0.05) is 12.1 Å². The van der Waals surface area contributed by atoms with Crippen molar-refractivity contribution >= 4 is 22.4 Å². The highest BCUT2D eigenvalue weighted by atomic mass is 32.1. The van der Waals surface area contributed by atoms with Crippen molar-refractivity contribution in [2.75, 3.05) is 12.4 Å². The molecule has 4 nitrogen and oxygen atoms in total. The third-order valence-electron chi connectivity index (χ3n) is 4.13. The van der Waals surface area contributed by atoms with Crippen molar-refractivity contribution < 1.29 is 14.3 Å². The number of anilines is 1. The van der Waals surface area contributed by atoms with Gasteiger partial charge in [0.15, 0.2) is 5.13 Å². The lowest BCUT2D eigenvalue weighted by Gasteiger charge is -2.26. The largest absolute Gasteiger partial charge is 0.480 e. The second-order valence-electron chi connectivity index (χ2n) is 5.17. The van der Waals surface area contributed by atoms with Crippen LogP contribution in [-0.4, -0.2) is 23.1 Å². The van der Waals surface area contributed by atoms with Crippen LogP contribution in [0.5, 0.6) is 0 Å². The lowest BCUT2D eigenvalue weighted by molar-refractivity contribution is -0.142. The Morgan fingerprint density at radius 2 is 2.29 bits per heavy atom. The van der Waals surface area contributed by atoms with Crippen LogP contribution >= 0.6 is 11.3 Å². The fourth-order valence-corrected chi connectivity index (χ4v) is 4.22. The molecule has 0 aliphatic heterocycles. The van der Waals surface area contributed by atoms with Crippen molar-refractivity contribution in [1.82, 2.24) is 4.98 Å². The third kappa shape index (κ3) is 1.86. The molecule has 0 radical (unpaired) electrons. The summed E-state index contributed by atoms with van der Waals surface area (Å²) in [6, 6.07) is 4.64. The van der Waals surface area contributed by atoms with E-state index in [2.05, 4.69) is 10.3 Å². The maximum Gasteiger partial charge on any atom is 0.319 e. The summed E-state index contributed by atoms with van der Waals surface area (Å²) < 4.78 is 13.9. The highest BCUT2D eigenvalue weighted by Crippen LogP contribution is 2.49. The molecule has 1 unspecified atom stereocenters. The molecule has 1 aromatic heterocycles. The smallest absolute Gasteiger partial charge is 0.319 e. The standard InChI is InChI=1S/C15H15FN2O2S/c1-8-9(4-3-5-10(8)16)15(13(19)20)7-6-11-12(15)21-14(17-2)18-11/h3-5H,6-7H2,1-2H3,(H,17,18)(H,19,20). The summed E-state index contributed by atoms with van der Waals surface area (Å²) in [5.74, 6) is -1.32. The number of halogens is 1. The van der Waals surface area contributed by atoms with Crippen LogP contribution in [-0.2, 0) is 16.6 Å². The number of nitrogens with zero attached hydrogens (tertiary/aromatic N) is 1. The number of hydrogen-bond donors (Lipinski definition) is 2. The number of aliphatic carboxylic acids is 1. The first-order chi connectivity index (χ1) is 10.0. The van der Waals surface area contributed by atoms with Gasteiger partial charge in [0.25, 0.3) is 0 Å². The topological polar surface area (TPSA) is 62.2 Å². The quantitative estimate of drug-likeness (QED) is 0.915. The number of hydrogen-bond acceptors (Lipinski definition) is 4. The SMILES string of the molecule is CNc1nc2c(s1)C(C(=O)O)(c1cccc(F)c1C)CC2. The molecule has 21 heavy (non-hydrogen) atoms. The highest BCUT2D eigenvalue weighted by molar-refractivity contribution is 7.16. The van der Waals surface area contributed by atoms with Crippen LogP contribution in [0.2, 0.25) is 0 Å². The maximum atomic E-state index is 13.9. The molecule has 1 atom stereocenters. The first-order valence-corrected chi connectivity index (χ1v) is 7.49. The minimum Gasteiger partial charge on any atom is -0.480 e. The van der Waals surface area contributed by atoms with E-state index in [1.807, 2.05) is 0 Å². The number of carbonyl (C=O) groups is 1. The number of carboxylic acids is 1. The normalized spacial score (nSPS) is 20.3. The molecule has 0 bridgehead atoms. The molecule has 2 aromatic rings. The van der Waals surface area contributed by atoms with Crippen molar-refractivity contribution in [3.63, 3.8) is 0 Å². The lowest BCUT2D eigenvalue weighted by Crippen LogP contribution is -2.35. The number of nitrogens with one attached hydrogen (secondary N) is 1. The number of rotatable bonds is 3. The van der Waals surface area contributed by atoms with E-state index in [4.69, 9.17) is 0 Å². The Bertz CT molecular complexity index is 728. The Labute approximate surface area is 125 Å². The Kier molecular flexibility index (Phi) is 3.20. The molecule has 0 fully saturated rings. The molecule has 0 spiro atoms. The molecule has 6 heteroatoms. The van der Waals surface area contributed by atoms with Gasteiger partial charge >= 0.3 is 5.97 Å². The fourth-order valence-electron chi connectivity index (χ4n) is 3.03. The fraction of sp³-hybridized carbons (Fsp3) is 0.333. The molecule has 1 aliphatic carbocycles. The van der Waals surface area contributed by atoms with E-state index in [-0.39, 0.29) is 5.82 Å². The zero-order chi connectivity index (χ0) is 15.2. The van der Waals surface area contributed by atoms with Gasteiger partial charge in [-0.15, -0.1) is 11.3 Å². The molecule has 110 valence electrons. The van der Waals surface area contributed by atoms with E-state index >= 15 is 0 Å². The van der Waals surface area contributed by atoms with E-state index in [0.717, 1.165) is 5.69 Å². The number of fused-ring (bicyclic) bond motifs is 1. The summed E-state index contributed by atoms with van der Waals surface area (Å²) in [4.78, 5) is 17.2. The summed E-state index contributed by atoms with van der Waals surface area (Å²) in [5, 5.41) is 13.5. The molecule has 1 heterocycles. The number of carboxylic acid groups (broad SMARTS) is 1. The molecular formula is C15H15FN2O2S. The second kappa shape index (κ2) is 4.80. The zero-order valence-corrected chi connectivity index (χ0v) is 12.6. The predicted molar refractivity (Wildman–Crippen MR) is 79.5 cm³/mol. The van der Waals surface area contributed by atoms with Crippen molar-refractivity contribution in [2.24, 2.45) is 0 Å². The van der Waals surface area contributed by atoms with Crippen LogP contribution in [0.4, 0.5) is 9.52 Å². The van der Waals surface area contributed by atoms with Gasteiger partial charge in [-0.05, 0) is 37.0 Å². The van der Waals surface area contributed by atoms with E-state index in [0.29, 0.717) is 34.0 Å². The highest BCUT2D eigenvalue weighted by Gasteiger charge is 2.50. The Morgan fingerprint density at radius 1 is 1.52 bits per heavy atom. The predicted octanol–water partition coefficient (Wildman–Crippen LogP) is 2.95. The lowest BCUT2D eigenvalue weighted by atomic mass is 9.77. The zero-order valence-electron chi connectivity index (χ0n) is 11.7. The minimum atomic E-state index is -1.19. The number of benzene rings is 1. The molecule has 2 N–H and O–H groups in total. The van der Waals surface area contributed by atoms with Crippen molar-refractivity contribution in [3.8, 4) is 0 Å². The maximum absolute atomic E-state index is 13.9. The van der Waals surface area contributed by atoms with Crippen LogP contribution < -0.4 is 5.32 Å². The summed E-state index contributed by atoms with van der Waals surface area (Å²) in [7, 11) is 1.75.